The van der Waals surface area contributed by atoms with Crippen molar-refractivity contribution in [3.05, 3.63) is 0 Å². The van der Waals surface area contributed by atoms with E-state index in [1.165, 1.54) is 32.1 Å². The minimum atomic E-state index is 0.0781. The van der Waals surface area contributed by atoms with Gasteiger partial charge in [-0.15, -0.1) is 0 Å². The first kappa shape index (κ1) is 8.25. The number of hydrogen-bond donors (Lipinski definition) is 1. The molecular weight excluding hydrogens is 162 g/mol. The van der Waals surface area contributed by atoms with Crippen molar-refractivity contribution in [2.24, 2.45) is 17.6 Å². The molecule has 4 rings (SSSR count). The first-order valence-corrected chi connectivity index (χ1v) is 5.61. The molecular formula is C11H19NO. The highest BCUT2D eigenvalue weighted by atomic mass is 16.5. The number of ether oxygens (including phenoxy) is 1. The fourth-order valence-corrected chi connectivity index (χ4v) is 3.90. The van der Waals surface area contributed by atoms with E-state index in [4.69, 9.17) is 10.5 Å². The van der Waals surface area contributed by atoms with Crippen LogP contribution in [-0.4, -0.2) is 17.7 Å². The maximum Gasteiger partial charge on any atom is 0.0839 e. The van der Waals surface area contributed by atoms with Crippen LogP contribution in [0, 0.1) is 11.8 Å². The lowest BCUT2D eigenvalue weighted by molar-refractivity contribution is -0.226. The summed E-state index contributed by atoms with van der Waals surface area (Å²) in [5, 5.41) is 0. The Morgan fingerprint density at radius 2 is 1.85 bits per heavy atom. The Hall–Kier alpha value is -0.0800. The zero-order valence-corrected chi connectivity index (χ0v) is 8.33. The fraction of sp³-hybridized carbons (Fsp3) is 1.00. The molecule has 74 valence electrons. The Labute approximate surface area is 79.8 Å². The van der Waals surface area contributed by atoms with E-state index in [0.29, 0.717) is 6.10 Å². The highest BCUT2D eigenvalue weighted by Gasteiger charge is 2.53. The summed E-state index contributed by atoms with van der Waals surface area (Å²) in [6.45, 7) is 2.12. The van der Waals surface area contributed by atoms with Crippen molar-refractivity contribution in [3.8, 4) is 0 Å². The Balaban J connectivity index is 1.91. The van der Waals surface area contributed by atoms with Crippen molar-refractivity contribution in [1.82, 2.24) is 0 Å². The molecule has 0 aromatic heterocycles. The van der Waals surface area contributed by atoms with E-state index in [1.54, 1.807) is 0 Å². The average Bonchev–Trinajstić information content (AvgIpc) is 2.00. The highest BCUT2D eigenvalue weighted by Crippen LogP contribution is 2.53. The summed E-state index contributed by atoms with van der Waals surface area (Å²) in [6, 6.07) is 0.223. The van der Waals surface area contributed by atoms with Gasteiger partial charge < -0.3 is 10.5 Å². The normalized spacial score (nSPS) is 55.4. The van der Waals surface area contributed by atoms with Crippen molar-refractivity contribution < 1.29 is 4.74 Å². The van der Waals surface area contributed by atoms with Gasteiger partial charge in [-0.1, -0.05) is 0 Å². The summed E-state index contributed by atoms with van der Waals surface area (Å²) in [7, 11) is 0. The zero-order chi connectivity index (χ0) is 9.05. The molecule has 0 aromatic rings. The second-order valence-electron chi connectivity index (χ2n) is 5.44. The standard InChI is InChI=1S/C11H19NO/c1-7(12)11-5-8-2-9(6-11)4-10(3-8)13-11/h7-10H,2-6,12H2,1H3. The second kappa shape index (κ2) is 2.48. The van der Waals surface area contributed by atoms with Crippen molar-refractivity contribution in [3.63, 3.8) is 0 Å². The van der Waals surface area contributed by atoms with Gasteiger partial charge in [-0.2, -0.15) is 0 Å². The SMILES string of the molecule is CC(N)C12CC3CC(CC(C3)O1)C2. The van der Waals surface area contributed by atoms with E-state index < -0.39 is 0 Å². The van der Waals surface area contributed by atoms with Gasteiger partial charge in [0.25, 0.3) is 0 Å². The number of rotatable bonds is 1. The maximum atomic E-state index is 6.15. The summed E-state index contributed by atoms with van der Waals surface area (Å²) in [6.07, 6.45) is 7.09. The van der Waals surface area contributed by atoms with Gasteiger partial charge in [-0.25, -0.2) is 0 Å². The molecule has 2 aliphatic heterocycles. The summed E-state index contributed by atoms with van der Waals surface area (Å²) < 4.78 is 6.15. The molecule has 2 saturated carbocycles. The average molecular weight is 181 g/mol. The smallest absolute Gasteiger partial charge is 0.0839 e. The second-order valence-corrected chi connectivity index (χ2v) is 5.44. The van der Waals surface area contributed by atoms with Gasteiger partial charge in [0.05, 0.1) is 11.7 Å². The molecule has 2 aliphatic carbocycles. The third kappa shape index (κ3) is 1.08. The zero-order valence-electron chi connectivity index (χ0n) is 8.33. The molecule has 0 radical (unpaired) electrons. The molecule has 3 atom stereocenters. The minimum absolute atomic E-state index is 0.0781. The molecule has 2 heterocycles. The third-order valence-electron chi connectivity index (χ3n) is 4.36. The fourth-order valence-electron chi connectivity index (χ4n) is 3.90. The van der Waals surface area contributed by atoms with Crippen molar-refractivity contribution >= 4 is 0 Å². The minimum Gasteiger partial charge on any atom is -0.370 e. The Kier molecular flexibility index (Phi) is 1.58. The first-order valence-electron chi connectivity index (χ1n) is 5.61. The molecule has 2 N–H and O–H groups in total. The monoisotopic (exact) mass is 181 g/mol. The largest absolute Gasteiger partial charge is 0.370 e. The van der Waals surface area contributed by atoms with Crippen LogP contribution in [0.25, 0.3) is 0 Å². The number of hydrogen-bond acceptors (Lipinski definition) is 2. The van der Waals surface area contributed by atoms with Gasteiger partial charge in [0.2, 0.25) is 0 Å². The molecule has 2 saturated heterocycles. The lowest BCUT2D eigenvalue weighted by atomic mass is 9.60. The lowest BCUT2D eigenvalue weighted by Gasteiger charge is -2.58. The van der Waals surface area contributed by atoms with Crippen LogP contribution < -0.4 is 5.73 Å². The van der Waals surface area contributed by atoms with Crippen molar-refractivity contribution in [1.29, 1.82) is 0 Å². The topological polar surface area (TPSA) is 35.2 Å². The molecule has 0 spiro atoms. The van der Waals surface area contributed by atoms with E-state index in [2.05, 4.69) is 6.92 Å². The van der Waals surface area contributed by atoms with E-state index >= 15 is 0 Å². The molecule has 2 heteroatoms. The van der Waals surface area contributed by atoms with Crippen LogP contribution in [0.15, 0.2) is 0 Å². The molecule has 2 nitrogen and oxygen atoms in total. The molecule has 4 aliphatic rings. The predicted octanol–water partition coefficient (Wildman–Crippen LogP) is 1.68. The van der Waals surface area contributed by atoms with Crippen LogP contribution in [0.5, 0.6) is 0 Å². The quantitative estimate of drug-likeness (QED) is 0.668. The van der Waals surface area contributed by atoms with E-state index in [-0.39, 0.29) is 11.6 Å². The predicted molar refractivity (Wildman–Crippen MR) is 51.3 cm³/mol. The Bertz CT molecular complexity index is 189. The first-order chi connectivity index (χ1) is 6.18. The van der Waals surface area contributed by atoms with E-state index in [0.717, 1.165) is 11.8 Å². The van der Waals surface area contributed by atoms with Crippen molar-refractivity contribution in [2.75, 3.05) is 0 Å². The molecule has 4 fully saturated rings. The van der Waals surface area contributed by atoms with Crippen LogP contribution in [0.3, 0.4) is 0 Å². The van der Waals surface area contributed by atoms with Gasteiger partial charge in [-0.05, 0) is 50.9 Å². The van der Waals surface area contributed by atoms with Gasteiger partial charge >= 0.3 is 0 Å². The van der Waals surface area contributed by atoms with Crippen LogP contribution in [0.1, 0.15) is 39.0 Å². The maximum absolute atomic E-state index is 6.15. The highest BCUT2D eigenvalue weighted by molar-refractivity contribution is 5.05. The van der Waals surface area contributed by atoms with Gasteiger partial charge in [0.1, 0.15) is 0 Å². The Morgan fingerprint density at radius 1 is 1.23 bits per heavy atom. The summed E-state index contributed by atoms with van der Waals surface area (Å²) in [5.41, 5.74) is 6.14. The molecule has 13 heavy (non-hydrogen) atoms. The van der Waals surface area contributed by atoms with E-state index in [1.807, 2.05) is 0 Å². The van der Waals surface area contributed by atoms with Crippen molar-refractivity contribution in [2.45, 2.75) is 56.8 Å². The van der Waals surface area contributed by atoms with Crippen LogP contribution in [0.4, 0.5) is 0 Å². The Morgan fingerprint density at radius 3 is 2.31 bits per heavy atom. The summed E-state index contributed by atoms with van der Waals surface area (Å²) in [4.78, 5) is 0. The summed E-state index contributed by atoms with van der Waals surface area (Å²) >= 11 is 0. The third-order valence-corrected chi connectivity index (χ3v) is 4.36. The summed E-state index contributed by atoms with van der Waals surface area (Å²) in [5.74, 6) is 1.86. The molecule has 0 amide bonds. The van der Waals surface area contributed by atoms with E-state index in [9.17, 15) is 0 Å². The molecule has 0 aromatic carbocycles. The lowest BCUT2D eigenvalue weighted by Crippen LogP contribution is -2.61. The molecule has 3 unspecified atom stereocenters. The van der Waals surface area contributed by atoms with Gasteiger partial charge in [0, 0.05) is 6.04 Å². The van der Waals surface area contributed by atoms with Crippen LogP contribution >= 0.6 is 0 Å². The number of nitrogens with two attached hydrogens (primary N) is 1. The van der Waals surface area contributed by atoms with Crippen LogP contribution in [-0.2, 0) is 4.74 Å². The van der Waals surface area contributed by atoms with Gasteiger partial charge in [-0.3, -0.25) is 0 Å². The molecule has 4 bridgehead atoms. The van der Waals surface area contributed by atoms with Crippen LogP contribution in [0.2, 0.25) is 0 Å². The van der Waals surface area contributed by atoms with Gasteiger partial charge in [0.15, 0.2) is 0 Å².